The quantitative estimate of drug-likeness (QED) is 0.317. The van der Waals surface area contributed by atoms with E-state index in [9.17, 15) is 9.50 Å². The fourth-order valence-corrected chi connectivity index (χ4v) is 4.59. The summed E-state index contributed by atoms with van der Waals surface area (Å²) < 4.78 is 61.9. The zero-order valence-corrected chi connectivity index (χ0v) is 21.4. The molecule has 0 spiro atoms. The third-order valence-electron chi connectivity index (χ3n) is 6.31. The van der Waals surface area contributed by atoms with Crippen LogP contribution in [0.5, 0.6) is 5.88 Å². The molecule has 2 fully saturated rings. The number of anilines is 1. The monoisotopic (exact) mass is 545 g/mol. The van der Waals surface area contributed by atoms with Gasteiger partial charge in [-0.3, -0.25) is 0 Å². The Hall–Kier alpha value is -3.25. The maximum Gasteiger partial charge on any atom is 0.193 e. The molecule has 0 amide bonds. The van der Waals surface area contributed by atoms with E-state index in [1.165, 1.54) is 6.07 Å². The molecule has 0 bridgehead atoms. The third kappa shape index (κ3) is 5.06. The summed E-state index contributed by atoms with van der Waals surface area (Å²) in [4.78, 5) is 7.07. The number of aromatic nitrogens is 2. The molecular formula is C27H26F3N3O4S. The lowest BCUT2D eigenvalue weighted by Gasteiger charge is -2.16. The predicted molar refractivity (Wildman–Crippen MR) is 141 cm³/mol. The first-order chi connectivity index (χ1) is 18.3. The Labute approximate surface area is 221 Å². The highest BCUT2D eigenvalue weighted by atomic mass is 32.2. The number of aliphatic hydroxyl groups is 1. The second-order valence-corrected chi connectivity index (χ2v) is 9.87. The number of benzene rings is 2. The number of nitrogens with two attached hydrogens (primary N) is 1. The zero-order chi connectivity index (χ0) is 27.0. The van der Waals surface area contributed by atoms with Crippen LogP contribution < -0.4 is 10.5 Å². The molecule has 2 aromatic carbocycles. The lowest BCUT2D eigenvalue weighted by Crippen LogP contribution is -2.34. The summed E-state index contributed by atoms with van der Waals surface area (Å²) in [6.45, 7) is 0.373. The summed E-state index contributed by atoms with van der Waals surface area (Å²) in [6, 6.07) is 11.4. The molecule has 0 saturated carbocycles. The van der Waals surface area contributed by atoms with E-state index in [1.807, 2.05) is 12.5 Å². The molecule has 2 aliphatic rings. The molecule has 1 unspecified atom stereocenters. The Morgan fingerprint density at radius 1 is 0.947 bits per heavy atom. The first-order valence-corrected chi connectivity index (χ1v) is 13.4. The number of H-pyrrole nitrogens is 1. The fraction of sp³-hybridized carbons (Fsp3) is 0.296. The summed E-state index contributed by atoms with van der Waals surface area (Å²) in [5.41, 5.74) is 6.60. The number of nitrogen functional groups attached to an aromatic ring is 1. The van der Waals surface area contributed by atoms with Crippen molar-refractivity contribution in [3.05, 3.63) is 66.0 Å². The van der Waals surface area contributed by atoms with Crippen LogP contribution in [0.1, 0.15) is 0 Å². The van der Waals surface area contributed by atoms with Gasteiger partial charge in [0.2, 0.25) is 0 Å². The Morgan fingerprint density at radius 3 is 2.29 bits per heavy atom. The van der Waals surface area contributed by atoms with Gasteiger partial charge in [0, 0.05) is 17.8 Å². The first-order valence-electron chi connectivity index (χ1n) is 11.8. The predicted octanol–water partition coefficient (Wildman–Crippen LogP) is 4.78. The minimum Gasteiger partial charge on any atom is -0.470 e. The molecule has 6 rings (SSSR count). The third-order valence-corrected chi connectivity index (χ3v) is 6.31. The molecule has 4 heterocycles. The molecule has 2 aliphatic heterocycles. The van der Waals surface area contributed by atoms with E-state index in [-0.39, 0.29) is 24.6 Å². The second kappa shape index (κ2) is 10.9. The number of aromatic amines is 1. The van der Waals surface area contributed by atoms with Gasteiger partial charge in [-0.25, -0.2) is 18.2 Å². The van der Waals surface area contributed by atoms with Gasteiger partial charge in [-0.1, -0.05) is 12.1 Å². The normalized spacial score (nSPS) is 22.3. The van der Waals surface area contributed by atoms with Crippen molar-refractivity contribution in [1.29, 1.82) is 0 Å². The largest absolute Gasteiger partial charge is 0.470 e. The number of nitrogens with one attached hydrogen (secondary N) is 1. The SMILES string of the molecule is CSC.Nc1ccc(-c2cc(F)c(-c3nc4cc(O[C@@H]5COC6[C@H](O)CO[C@@H]65)[nH]c4cc3F)c(F)c2)cc1. The van der Waals surface area contributed by atoms with Crippen LogP contribution in [0.25, 0.3) is 33.4 Å². The van der Waals surface area contributed by atoms with Gasteiger partial charge in [-0.05, 0) is 47.9 Å². The number of hydrogen-bond donors (Lipinski definition) is 3. The van der Waals surface area contributed by atoms with Gasteiger partial charge >= 0.3 is 0 Å². The average molecular weight is 546 g/mol. The van der Waals surface area contributed by atoms with Crippen LogP contribution in [0.3, 0.4) is 0 Å². The summed E-state index contributed by atoms with van der Waals surface area (Å²) in [5.74, 6) is -2.51. The highest BCUT2D eigenvalue weighted by Crippen LogP contribution is 2.35. The first kappa shape index (κ1) is 26.4. The van der Waals surface area contributed by atoms with Crippen molar-refractivity contribution >= 4 is 28.5 Å². The van der Waals surface area contributed by atoms with Crippen molar-refractivity contribution in [1.82, 2.24) is 9.97 Å². The molecule has 4 atom stereocenters. The lowest BCUT2D eigenvalue weighted by molar-refractivity contribution is 0.00794. The van der Waals surface area contributed by atoms with Crippen LogP contribution in [0.15, 0.2) is 48.5 Å². The van der Waals surface area contributed by atoms with E-state index in [4.69, 9.17) is 19.9 Å². The second-order valence-electron chi connectivity index (χ2n) is 9.05. The summed E-state index contributed by atoms with van der Waals surface area (Å²) in [5, 5.41) is 9.87. The fourth-order valence-electron chi connectivity index (χ4n) is 4.59. The number of hydrogen-bond acceptors (Lipinski definition) is 7. The van der Waals surface area contributed by atoms with Crippen LogP contribution in [0, 0.1) is 17.5 Å². The van der Waals surface area contributed by atoms with E-state index in [2.05, 4.69) is 9.97 Å². The Kier molecular flexibility index (Phi) is 7.53. The van der Waals surface area contributed by atoms with Gasteiger partial charge in [0.15, 0.2) is 17.8 Å². The number of nitrogens with zero attached hydrogens (tertiary/aromatic N) is 1. The number of rotatable bonds is 4. The van der Waals surface area contributed by atoms with Crippen molar-refractivity contribution in [2.45, 2.75) is 24.4 Å². The number of thioether (sulfide) groups is 1. The minimum absolute atomic E-state index is 0.159. The molecule has 0 radical (unpaired) electrons. The molecule has 2 saturated heterocycles. The van der Waals surface area contributed by atoms with E-state index in [0.717, 1.165) is 18.2 Å². The van der Waals surface area contributed by atoms with Gasteiger partial charge in [0.25, 0.3) is 0 Å². The Morgan fingerprint density at radius 2 is 1.61 bits per heavy atom. The number of pyridine rings is 1. The van der Waals surface area contributed by atoms with Crippen molar-refractivity contribution in [3.63, 3.8) is 0 Å². The van der Waals surface area contributed by atoms with Gasteiger partial charge in [0.05, 0.1) is 29.8 Å². The molecule has 7 nitrogen and oxygen atoms in total. The highest BCUT2D eigenvalue weighted by molar-refractivity contribution is 7.97. The minimum atomic E-state index is -0.944. The van der Waals surface area contributed by atoms with E-state index >= 15 is 8.78 Å². The van der Waals surface area contributed by atoms with Crippen molar-refractivity contribution < 1.29 is 32.5 Å². The van der Waals surface area contributed by atoms with Gasteiger partial charge in [-0.15, -0.1) is 0 Å². The maximum atomic E-state index is 15.0. The molecule has 0 aliphatic carbocycles. The highest BCUT2D eigenvalue weighted by Gasteiger charge is 2.48. The van der Waals surface area contributed by atoms with Crippen LogP contribution in [0.4, 0.5) is 18.9 Å². The van der Waals surface area contributed by atoms with Crippen LogP contribution in [-0.4, -0.2) is 65.2 Å². The molecule has 4 aromatic rings. The zero-order valence-electron chi connectivity index (χ0n) is 20.6. The van der Waals surface area contributed by atoms with E-state index in [0.29, 0.717) is 22.3 Å². The molecule has 200 valence electrons. The molecule has 4 N–H and O–H groups in total. The molecule has 11 heteroatoms. The summed E-state index contributed by atoms with van der Waals surface area (Å²) in [6.07, 6.45) is 1.99. The van der Waals surface area contributed by atoms with Gasteiger partial charge in [0.1, 0.15) is 35.6 Å². The molecular weight excluding hydrogens is 519 g/mol. The van der Waals surface area contributed by atoms with Gasteiger partial charge in [-0.2, -0.15) is 11.8 Å². The van der Waals surface area contributed by atoms with E-state index in [1.54, 1.807) is 36.0 Å². The molecule has 2 aromatic heterocycles. The maximum absolute atomic E-state index is 15.0. The smallest absolute Gasteiger partial charge is 0.193 e. The standard InChI is InChI=1S/C25H20F3N3O4.C2H6S/c26-14-5-12(11-1-3-13(29)4-2-11)6-15(27)22(14)23-16(28)7-17-18(31-23)8-21(30-17)35-20-10-34-24-19(32)9-33-25(20)24;1-3-2/h1-8,19-20,24-25,30,32H,9-10,29H2;1-2H3/t19-,20-,24?,25-;/m1./s1. The lowest BCUT2D eigenvalue weighted by atomic mass is 10.0. The van der Waals surface area contributed by atoms with Crippen LogP contribution in [0.2, 0.25) is 0 Å². The Balaban J connectivity index is 0.000000937. The Bertz CT molecular complexity index is 1430. The van der Waals surface area contributed by atoms with Crippen molar-refractivity contribution in [2.24, 2.45) is 0 Å². The topological polar surface area (TPSA) is 103 Å². The summed E-state index contributed by atoms with van der Waals surface area (Å²) in [7, 11) is 0. The summed E-state index contributed by atoms with van der Waals surface area (Å²) >= 11 is 1.75. The van der Waals surface area contributed by atoms with E-state index < -0.39 is 53.1 Å². The number of fused-ring (bicyclic) bond motifs is 2. The number of halogens is 3. The average Bonchev–Trinajstić information content (AvgIpc) is 3.56. The molecule has 38 heavy (non-hydrogen) atoms. The number of aliphatic hydroxyl groups excluding tert-OH is 1. The van der Waals surface area contributed by atoms with Crippen molar-refractivity contribution in [2.75, 3.05) is 31.5 Å². The van der Waals surface area contributed by atoms with Crippen LogP contribution in [-0.2, 0) is 9.47 Å². The number of ether oxygens (including phenoxy) is 3. The van der Waals surface area contributed by atoms with Gasteiger partial charge < -0.3 is 30.0 Å². The van der Waals surface area contributed by atoms with Crippen LogP contribution >= 0.6 is 11.8 Å². The van der Waals surface area contributed by atoms with Crippen molar-refractivity contribution in [3.8, 4) is 28.3 Å².